The summed E-state index contributed by atoms with van der Waals surface area (Å²) in [4.78, 5) is 17.7. The van der Waals surface area contributed by atoms with Crippen LogP contribution in [0.4, 0.5) is 5.69 Å². The van der Waals surface area contributed by atoms with Crippen molar-refractivity contribution >= 4 is 16.6 Å². The highest BCUT2D eigenvalue weighted by molar-refractivity contribution is 5.94. The molecule has 1 aromatic carbocycles. The molecule has 0 unspecified atom stereocenters. The van der Waals surface area contributed by atoms with Crippen molar-refractivity contribution in [3.8, 4) is 5.75 Å². The van der Waals surface area contributed by atoms with E-state index in [1.54, 1.807) is 24.4 Å². The molecule has 124 valence electrons. The maximum absolute atomic E-state index is 11.1. The number of phenols is 1. The van der Waals surface area contributed by atoms with Gasteiger partial charge in [0.2, 0.25) is 0 Å². The highest BCUT2D eigenvalue weighted by atomic mass is 16.3. The van der Waals surface area contributed by atoms with Crippen LogP contribution in [0.1, 0.15) is 45.1 Å². The van der Waals surface area contributed by atoms with Crippen molar-refractivity contribution in [3.63, 3.8) is 0 Å². The minimum atomic E-state index is 0.158. The molecule has 2 aromatic rings. The summed E-state index contributed by atoms with van der Waals surface area (Å²) < 4.78 is 0. The van der Waals surface area contributed by atoms with E-state index in [2.05, 4.69) is 28.9 Å². The Kier molecular flexibility index (Phi) is 6.47. The van der Waals surface area contributed by atoms with E-state index in [1.807, 2.05) is 0 Å². The third kappa shape index (κ3) is 4.26. The number of unbranched alkanes of at least 4 members (excludes halogenated alkanes) is 2. The molecule has 0 bridgehead atoms. The van der Waals surface area contributed by atoms with Gasteiger partial charge in [0.05, 0.1) is 0 Å². The monoisotopic (exact) mass is 315 g/mol. The van der Waals surface area contributed by atoms with Crippen molar-refractivity contribution < 1.29 is 5.11 Å². The van der Waals surface area contributed by atoms with Gasteiger partial charge in [0, 0.05) is 23.7 Å². The third-order valence-corrected chi connectivity index (χ3v) is 4.07. The molecule has 1 heterocycles. The van der Waals surface area contributed by atoms with Gasteiger partial charge >= 0.3 is 0 Å². The van der Waals surface area contributed by atoms with Crippen LogP contribution in [0.2, 0.25) is 0 Å². The van der Waals surface area contributed by atoms with Gasteiger partial charge in [-0.2, -0.15) is 0 Å². The van der Waals surface area contributed by atoms with Crippen LogP contribution in [0.15, 0.2) is 29.6 Å². The summed E-state index contributed by atoms with van der Waals surface area (Å²) in [5, 5.41) is 14.2. The fourth-order valence-electron chi connectivity index (χ4n) is 2.73. The van der Waals surface area contributed by atoms with Gasteiger partial charge in [-0.25, -0.2) is 0 Å². The second-order valence-electron chi connectivity index (χ2n) is 5.88. The molecule has 0 saturated heterocycles. The molecular weight excluding hydrogens is 290 g/mol. The van der Waals surface area contributed by atoms with E-state index in [4.69, 9.17) is 0 Å². The Morgan fingerprint density at radius 2 is 1.91 bits per heavy atom. The van der Waals surface area contributed by atoms with Crippen molar-refractivity contribution in [2.75, 3.05) is 13.1 Å². The smallest absolute Gasteiger partial charge is 0.146 e. The van der Waals surface area contributed by atoms with Crippen LogP contribution in [0.3, 0.4) is 0 Å². The fourth-order valence-corrected chi connectivity index (χ4v) is 2.73. The first kappa shape index (κ1) is 17.3. The minimum absolute atomic E-state index is 0.158. The standard InChI is InChI=1S/C18H25N3O2/c1-3-5-10-21(11-6-4-2)13-14-12-16(20-23)15-8-7-9-19-17(15)18(14)22/h7-9,12,22H,3-6,10-11,13H2,1-2H3. The van der Waals surface area contributed by atoms with Gasteiger partial charge in [-0.15, -0.1) is 4.91 Å². The van der Waals surface area contributed by atoms with Crippen LogP contribution >= 0.6 is 0 Å². The van der Waals surface area contributed by atoms with Gasteiger partial charge in [-0.1, -0.05) is 26.7 Å². The van der Waals surface area contributed by atoms with Crippen LogP contribution in [-0.4, -0.2) is 28.1 Å². The number of pyridine rings is 1. The second-order valence-corrected chi connectivity index (χ2v) is 5.88. The third-order valence-electron chi connectivity index (χ3n) is 4.07. The molecule has 0 aliphatic heterocycles. The van der Waals surface area contributed by atoms with Crippen LogP contribution in [0.25, 0.3) is 10.9 Å². The Labute approximate surface area is 137 Å². The minimum Gasteiger partial charge on any atom is -0.505 e. The van der Waals surface area contributed by atoms with E-state index in [-0.39, 0.29) is 5.75 Å². The first-order valence-corrected chi connectivity index (χ1v) is 8.36. The lowest BCUT2D eigenvalue weighted by atomic mass is 10.1. The first-order chi connectivity index (χ1) is 11.2. The molecule has 0 saturated carbocycles. The molecule has 1 N–H and O–H groups in total. The van der Waals surface area contributed by atoms with Crippen molar-refractivity contribution in [2.45, 2.75) is 46.1 Å². The topological polar surface area (TPSA) is 65.8 Å². The zero-order valence-electron chi connectivity index (χ0n) is 14.0. The van der Waals surface area contributed by atoms with E-state index in [9.17, 15) is 10.0 Å². The molecule has 23 heavy (non-hydrogen) atoms. The number of rotatable bonds is 9. The lowest BCUT2D eigenvalue weighted by Crippen LogP contribution is -2.25. The summed E-state index contributed by atoms with van der Waals surface area (Å²) in [7, 11) is 0. The molecule has 0 atom stereocenters. The first-order valence-electron chi connectivity index (χ1n) is 8.36. The van der Waals surface area contributed by atoms with Gasteiger partial charge in [0.1, 0.15) is 17.0 Å². The number of nitroso groups, excluding NO2 is 1. The number of hydrogen-bond donors (Lipinski definition) is 1. The van der Waals surface area contributed by atoms with Crippen molar-refractivity contribution in [2.24, 2.45) is 5.18 Å². The van der Waals surface area contributed by atoms with E-state index >= 15 is 0 Å². The molecular formula is C18H25N3O2. The average molecular weight is 315 g/mol. The number of phenolic OH excluding ortho intramolecular Hbond substituents is 1. The van der Waals surface area contributed by atoms with Gasteiger partial charge in [-0.05, 0) is 49.3 Å². The molecule has 0 amide bonds. The van der Waals surface area contributed by atoms with Gasteiger partial charge in [0.15, 0.2) is 0 Å². The van der Waals surface area contributed by atoms with Crippen LogP contribution in [-0.2, 0) is 6.54 Å². The Morgan fingerprint density at radius 1 is 1.22 bits per heavy atom. The number of benzene rings is 1. The predicted octanol–water partition coefficient (Wildman–Crippen LogP) is 4.74. The van der Waals surface area contributed by atoms with E-state index in [1.165, 1.54) is 0 Å². The number of aromatic nitrogens is 1. The molecule has 0 radical (unpaired) electrons. The molecule has 0 aliphatic carbocycles. The second kappa shape index (κ2) is 8.58. The van der Waals surface area contributed by atoms with Crippen LogP contribution < -0.4 is 0 Å². The highest BCUT2D eigenvalue weighted by Crippen LogP contribution is 2.35. The Balaban J connectivity index is 2.33. The summed E-state index contributed by atoms with van der Waals surface area (Å²) in [6, 6.07) is 5.19. The summed E-state index contributed by atoms with van der Waals surface area (Å²) in [5.74, 6) is 0.158. The lowest BCUT2D eigenvalue weighted by Gasteiger charge is -2.23. The molecule has 1 aromatic heterocycles. The van der Waals surface area contributed by atoms with Gasteiger partial charge < -0.3 is 5.11 Å². The average Bonchev–Trinajstić information content (AvgIpc) is 2.59. The van der Waals surface area contributed by atoms with Crippen molar-refractivity contribution in [3.05, 3.63) is 34.9 Å². The largest absolute Gasteiger partial charge is 0.505 e. The number of nitrogens with zero attached hydrogens (tertiary/aromatic N) is 3. The predicted molar refractivity (Wildman–Crippen MR) is 94.0 cm³/mol. The molecule has 0 aliphatic rings. The normalized spacial score (nSPS) is 11.3. The quantitative estimate of drug-likeness (QED) is 0.679. The number of fused-ring (bicyclic) bond motifs is 1. The zero-order valence-corrected chi connectivity index (χ0v) is 14.0. The fraction of sp³-hybridized carbons (Fsp3) is 0.500. The number of aromatic hydroxyl groups is 1. The Bertz CT molecular complexity index is 650. The zero-order chi connectivity index (χ0) is 16.7. The van der Waals surface area contributed by atoms with Gasteiger partial charge in [0.25, 0.3) is 0 Å². The maximum Gasteiger partial charge on any atom is 0.146 e. The summed E-state index contributed by atoms with van der Waals surface area (Å²) in [5.41, 5.74) is 1.51. The SMILES string of the molecule is CCCCN(CCCC)Cc1cc(N=O)c2cccnc2c1O. The Hall–Kier alpha value is -2.01. The molecule has 0 fully saturated rings. The van der Waals surface area contributed by atoms with Crippen LogP contribution in [0.5, 0.6) is 5.75 Å². The molecule has 5 nitrogen and oxygen atoms in total. The molecule has 0 spiro atoms. The van der Waals surface area contributed by atoms with E-state index < -0.39 is 0 Å². The van der Waals surface area contributed by atoms with Crippen LogP contribution in [0, 0.1) is 4.91 Å². The van der Waals surface area contributed by atoms with E-state index in [0.717, 1.165) is 44.3 Å². The molecule has 5 heteroatoms. The van der Waals surface area contributed by atoms with Crippen molar-refractivity contribution in [1.82, 2.24) is 9.88 Å². The summed E-state index contributed by atoms with van der Waals surface area (Å²) in [6.07, 6.45) is 6.13. The van der Waals surface area contributed by atoms with Gasteiger partial charge in [-0.3, -0.25) is 9.88 Å². The van der Waals surface area contributed by atoms with E-state index in [0.29, 0.717) is 23.1 Å². The highest BCUT2D eigenvalue weighted by Gasteiger charge is 2.15. The summed E-state index contributed by atoms with van der Waals surface area (Å²) in [6.45, 7) is 6.93. The molecule has 2 rings (SSSR count). The Morgan fingerprint density at radius 3 is 2.52 bits per heavy atom. The summed E-state index contributed by atoms with van der Waals surface area (Å²) >= 11 is 0. The maximum atomic E-state index is 11.1. The lowest BCUT2D eigenvalue weighted by molar-refractivity contribution is 0.254. The van der Waals surface area contributed by atoms with Crippen molar-refractivity contribution in [1.29, 1.82) is 0 Å². The number of hydrogen-bond acceptors (Lipinski definition) is 5.